The molecule has 10 heteroatoms. The Morgan fingerprint density at radius 1 is 0.526 bits per heavy atom. The fourth-order valence-electron chi connectivity index (χ4n) is 4.73. The minimum absolute atomic E-state index is 0. The highest BCUT2D eigenvalue weighted by Crippen LogP contribution is 2.18. The summed E-state index contributed by atoms with van der Waals surface area (Å²) in [7, 11) is 8.90. The van der Waals surface area contributed by atoms with E-state index in [1.165, 1.54) is 51.4 Å². The van der Waals surface area contributed by atoms with Gasteiger partial charge in [0.1, 0.15) is 13.1 Å². The maximum atomic E-state index is 10.8. The van der Waals surface area contributed by atoms with Crippen LogP contribution >= 0.6 is 0 Å². The summed E-state index contributed by atoms with van der Waals surface area (Å²) in [6.45, 7) is 3.99. The van der Waals surface area contributed by atoms with Gasteiger partial charge in [0.25, 0.3) is 11.4 Å². The molecule has 0 bridgehead atoms. The summed E-state index contributed by atoms with van der Waals surface area (Å²) in [4.78, 5) is 20.9. The van der Waals surface area contributed by atoms with Gasteiger partial charge in [0.2, 0.25) is 0 Å². The van der Waals surface area contributed by atoms with Crippen molar-refractivity contribution in [2.45, 2.75) is 64.5 Å². The molecule has 0 radical (unpaired) electrons. The number of quaternary nitrogens is 2. The standard InChI is InChI=1S/C28H44N4O4.2BrH/c1-31(2,23-25-13-17-27(18-14-25)29(33)34)21-11-9-7-5-6-8-10-12-22-32(3,4)24-26-15-19-28(20-16-26)30(35)36;;/h13-20H,5-12,21-24H2,1-4H3;2*1H/q+2;;/p-2. The van der Waals surface area contributed by atoms with E-state index in [9.17, 15) is 20.2 Å². The van der Waals surface area contributed by atoms with E-state index in [4.69, 9.17) is 0 Å². The number of hydrogen-bond donors (Lipinski definition) is 0. The fraction of sp³-hybridized carbons (Fsp3) is 0.571. The second-order valence-corrected chi connectivity index (χ2v) is 11.3. The molecule has 2 aromatic rings. The Bertz CT molecular complexity index is 888. The van der Waals surface area contributed by atoms with Crippen molar-refractivity contribution in [3.8, 4) is 0 Å². The lowest BCUT2D eigenvalue weighted by molar-refractivity contribution is -0.903. The molecule has 0 fully saturated rings. The van der Waals surface area contributed by atoms with Crippen molar-refractivity contribution >= 4 is 11.4 Å². The molecule has 0 aliphatic carbocycles. The van der Waals surface area contributed by atoms with E-state index in [0.29, 0.717) is 0 Å². The van der Waals surface area contributed by atoms with Crippen LogP contribution in [0.25, 0.3) is 0 Å². The van der Waals surface area contributed by atoms with E-state index < -0.39 is 0 Å². The van der Waals surface area contributed by atoms with Crippen LogP contribution in [0.3, 0.4) is 0 Å². The number of hydrogen-bond acceptors (Lipinski definition) is 4. The fourth-order valence-corrected chi connectivity index (χ4v) is 4.73. The molecule has 0 amide bonds. The summed E-state index contributed by atoms with van der Waals surface area (Å²) in [6.07, 6.45) is 10.0. The maximum absolute atomic E-state index is 10.8. The Labute approximate surface area is 249 Å². The molecule has 0 heterocycles. The van der Waals surface area contributed by atoms with Gasteiger partial charge in [-0.25, -0.2) is 0 Å². The van der Waals surface area contributed by atoms with E-state index in [-0.39, 0.29) is 55.2 Å². The number of nitrogens with zero attached hydrogens (tertiary/aromatic N) is 4. The van der Waals surface area contributed by atoms with Gasteiger partial charge >= 0.3 is 0 Å². The molecule has 0 N–H and O–H groups in total. The molecule has 0 saturated heterocycles. The normalized spacial score (nSPS) is 11.4. The van der Waals surface area contributed by atoms with E-state index in [0.717, 1.165) is 46.3 Å². The Morgan fingerprint density at radius 3 is 1.05 bits per heavy atom. The lowest BCUT2D eigenvalue weighted by atomic mass is 10.1. The van der Waals surface area contributed by atoms with Crippen molar-refractivity contribution in [2.75, 3.05) is 41.3 Å². The van der Waals surface area contributed by atoms with Gasteiger partial charge in [-0.1, -0.05) is 25.7 Å². The third-order valence-corrected chi connectivity index (χ3v) is 6.79. The maximum Gasteiger partial charge on any atom is 0.269 e. The van der Waals surface area contributed by atoms with Crippen LogP contribution in [-0.2, 0) is 13.1 Å². The Morgan fingerprint density at radius 2 is 0.789 bits per heavy atom. The molecular weight excluding hydrogens is 616 g/mol. The highest BCUT2D eigenvalue weighted by molar-refractivity contribution is 5.33. The number of unbranched alkanes of at least 4 members (excludes halogenated alkanes) is 7. The molecule has 214 valence electrons. The molecular formula is C28H44Br2N4O4. The van der Waals surface area contributed by atoms with Gasteiger partial charge in [-0.15, -0.1) is 0 Å². The zero-order valence-corrected chi connectivity index (χ0v) is 26.5. The molecule has 2 aromatic carbocycles. The van der Waals surface area contributed by atoms with Crippen molar-refractivity contribution in [3.05, 3.63) is 79.9 Å². The summed E-state index contributed by atoms with van der Waals surface area (Å²) >= 11 is 0. The minimum atomic E-state index is -0.353. The first kappa shape index (κ1) is 36.1. The van der Waals surface area contributed by atoms with Crippen LogP contribution in [0.4, 0.5) is 11.4 Å². The molecule has 0 aliphatic heterocycles. The Hall–Kier alpha value is -1.88. The molecule has 0 aliphatic rings. The smallest absolute Gasteiger partial charge is 0.269 e. The molecule has 38 heavy (non-hydrogen) atoms. The SMILES string of the molecule is C[N+](C)(CCCCCCCCCC[N+](C)(C)Cc1ccc([N+](=O)[O-])cc1)Cc1ccc([N+](=O)[O-])cc1.[Br-].[Br-]. The van der Waals surface area contributed by atoms with Gasteiger partial charge in [-0.05, 0) is 49.9 Å². The van der Waals surface area contributed by atoms with E-state index in [2.05, 4.69) is 28.2 Å². The molecule has 0 unspecified atom stereocenters. The number of non-ortho nitro benzene ring substituents is 2. The number of benzene rings is 2. The predicted octanol–water partition coefficient (Wildman–Crippen LogP) is 0.485. The van der Waals surface area contributed by atoms with Gasteiger partial charge in [-0.2, -0.15) is 0 Å². The monoisotopic (exact) mass is 658 g/mol. The number of halogens is 2. The summed E-state index contributed by atoms with van der Waals surface area (Å²) < 4.78 is 1.79. The zero-order valence-electron chi connectivity index (χ0n) is 23.3. The minimum Gasteiger partial charge on any atom is -1.00 e. The summed E-state index contributed by atoms with van der Waals surface area (Å²) in [6, 6.07) is 13.8. The highest BCUT2D eigenvalue weighted by atomic mass is 79.9. The third-order valence-electron chi connectivity index (χ3n) is 6.79. The lowest BCUT2D eigenvalue weighted by Gasteiger charge is -2.30. The van der Waals surface area contributed by atoms with Crippen molar-refractivity contribution in [1.82, 2.24) is 0 Å². The lowest BCUT2D eigenvalue weighted by Crippen LogP contribution is -3.00. The number of nitro benzene ring substituents is 2. The predicted molar refractivity (Wildman–Crippen MR) is 144 cm³/mol. The van der Waals surface area contributed by atoms with Gasteiger partial charge in [0.15, 0.2) is 0 Å². The summed E-state index contributed by atoms with van der Waals surface area (Å²) in [5.74, 6) is 0. The van der Waals surface area contributed by atoms with Crippen molar-refractivity contribution < 1.29 is 52.8 Å². The zero-order chi connectivity index (χ0) is 26.6. The van der Waals surface area contributed by atoms with Crippen molar-refractivity contribution in [1.29, 1.82) is 0 Å². The van der Waals surface area contributed by atoms with Gasteiger partial charge in [-0.3, -0.25) is 20.2 Å². The molecule has 0 aromatic heterocycles. The van der Waals surface area contributed by atoms with E-state index in [1.807, 2.05) is 24.3 Å². The van der Waals surface area contributed by atoms with Crippen LogP contribution in [0.2, 0.25) is 0 Å². The average Bonchev–Trinajstić information content (AvgIpc) is 2.80. The van der Waals surface area contributed by atoms with Crippen molar-refractivity contribution in [3.63, 3.8) is 0 Å². The van der Waals surface area contributed by atoms with E-state index >= 15 is 0 Å². The topological polar surface area (TPSA) is 86.3 Å². The molecule has 0 saturated carbocycles. The Kier molecular flexibility index (Phi) is 16.8. The van der Waals surface area contributed by atoms with Gasteiger partial charge in [0.05, 0.1) is 51.1 Å². The second-order valence-electron chi connectivity index (χ2n) is 11.3. The first-order valence-electron chi connectivity index (χ1n) is 13.1. The van der Waals surface area contributed by atoms with Crippen LogP contribution in [-0.4, -0.2) is 60.1 Å². The summed E-state index contributed by atoms with van der Waals surface area (Å²) in [5, 5.41) is 21.6. The second kappa shape index (κ2) is 17.7. The van der Waals surface area contributed by atoms with Gasteiger partial charge in [0, 0.05) is 35.4 Å². The largest absolute Gasteiger partial charge is 1.00 e. The molecule has 2 rings (SSSR count). The van der Waals surface area contributed by atoms with Crippen molar-refractivity contribution in [2.24, 2.45) is 0 Å². The third kappa shape index (κ3) is 14.3. The highest BCUT2D eigenvalue weighted by Gasteiger charge is 2.17. The van der Waals surface area contributed by atoms with Crippen LogP contribution < -0.4 is 34.0 Å². The quantitative estimate of drug-likeness (QED) is 0.107. The first-order valence-corrected chi connectivity index (χ1v) is 13.1. The first-order chi connectivity index (χ1) is 17.0. The molecule has 0 atom stereocenters. The van der Waals surface area contributed by atoms with Crippen LogP contribution in [0.5, 0.6) is 0 Å². The summed E-state index contributed by atoms with van der Waals surface area (Å²) in [5.41, 5.74) is 2.57. The molecule has 0 spiro atoms. The average molecular weight is 660 g/mol. The Balaban J connectivity index is 0.00000684. The number of nitro groups is 2. The van der Waals surface area contributed by atoms with Crippen LogP contribution in [0.15, 0.2) is 48.5 Å². The van der Waals surface area contributed by atoms with E-state index in [1.54, 1.807) is 24.3 Å². The molecule has 8 nitrogen and oxygen atoms in total. The number of rotatable bonds is 17. The van der Waals surface area contributed by atoms with Crippen LogP contribution in [0, 0.1) is 20.2 Å². The van der Waals surface area contributed by atoms with Crippen LogP contribution in [0.1, 0.15) is 62.5 Å². The van der Waals surface area contributed by atoms with Gasteiger partial charge < -0.3 is 42.9 Å².